The maximum absolute atomic E-state index is 12.9. The quantitative estimate of drug-likeness (QED) is 0.763. The maximum Gasteiger partial charge on any atom is 0.139 e. The number of rotatable bonds is 3. The van der Waals surface area contributed by atoms with Crippen LogP contribution in [0.1, 0.15) is 0 Å². The third-order valence-electron chi connectivity index (χ3n) is 1.39. The molecule has 0 aromatic heterocycles. The highest BCUT2D eigenvalue weighted by Gasteiger charge is 2.06. The third kappa shape index (κ3) is 2.12. The highest BCUT2D eigenvalue weighted by atomic mass is 32.2. The van der Waals surface area contributed by atoms with Crippen LogP contribution >= 0.6 is 0 Å². The van der Waals surface area contributed by atoms with Crippen LogP contribution in [-0.4, -0.2) is 16.5 Å². The zero-order valence-electron chi connectivity index (χ0n) is 6.50. The molecule has 0 aliphatic carbocycles. The Morgan fingerprint density at radius 3 is 2.67 bits per heavy atom. The van der Waals surface area contributed by atoms with E-state index in [1.807, 2.05) is 0 Å². The Balaban J connectivity index is 2.87. The topological polar surface area (TPSA) is 43.1 Å². The van der Waals surface area contributed by atoms with Gasteiger partial charge in [-0.3, -0.25) is 4.21 Å². The van der Waals surface area contributed by atoms with Crippen LogP contribution in [0.25, 0.3) is 0 Å². The van der Waals surface area contributed by atoms with Crippen molar-refractivity contribution in [3.63, 3.8) is 0 Å². The van der Waals surface area contributed by atoms with E-state index in [2.05, 4.69) is 0 Å². The maximum atomic E-state index is 12.9. The fourth-order valence-corrected chi connectivity index (χ4v) is 1.80. The van der Waals surface area contributed by atoms with Gasteiger partial charge in [-0.1, -0.05) is 12.1 Å². The van der Waals surface area contributed by atoms with Crippen molar-refractivity contribution in [2.24, 2.45) is 5.73 Å². The number of benzene rings is 1. The van der Waals surface area contributed by atoms with E-state index in [4.69, 9.17) is 5.73 Å². The van der Waals surface area contributed by atoms with E-state index in [9.17, 15) is 8.60 Å². The lowest BCUT2D eigenvalue weighted by Gasteiger charge is -2.00. The predicted molar refractivity (Wildman–Crippen MR) is 46.7 cm³/mol. The van der Waals surface area contributed by atoms with Crippen molar-refractivity contribution >= 4 is 10.8 Å². The molecule has 0 fully saturated rings. The SMILES string of the molecule is NCC[S@](=O)c1ccccc1F. The van der Waals surface area contributed by atoms with Crippen molar-refractivity contribution in [3.05, 3.63) is 30.1 Å². The van der Waals surface area contributed by atoms with Crippen LogP contribution < -0.4 is 5.73 Å². The molecule has 1 atom stereocenters. The first kappa shape index (κ1) is 9.35. The molecule has 0 aliphatic rings. The van der Waals surface area contributed by atoms with E-state index >= 15 is 0 Å². The van der Waals surface area contributed by atoms with Crippen molar-refractivity contribution < 1.29 is 8.60 Å². The summed E-state index contributed by atoms with van der Waals surface area (Å²) in [5, 5.41) is 0. The van der Waals surface area contributed by atoms with Gasteiger partial charge in [0.15, 0.2) is 0 Å². The van der Waals surface area contributed by atoms with Gasteiger partial charge >= 0.3 is 0 Å². The monoisotopic (exact) mass is 187 g/mol. The number of hydrogen-bond donors (Lipinski definition) is 1. The minimum absolute atomic E-state index is 0.239. The molecule has 0 heterocycles. The van der Waals surface area contributed by atoms with Crippen molar-refractivity contribution in [1.29, 1.82) is 0 Å². The zero-order valence-corrected chi connectivity index (χ0v) is 7.31. The molecule has 0 aliphatic heterocycles. The van der Waals surface area contributed by atoms with E-state index in [0.29, 0.717) is 12.3 Å². The van der Waals surface area contributed by atoms with Crippen LogP contribution in [0.2, 0.25) is 0 Å². The smallest absolute Gasteiger partial charge is 0.139 e. The second-order valence-electron chi connectivity index (χ2n) is 2.27. The minimum atomic E-state index is -1.30. The van der Waals surface area contributed by atoms with Crippen LogP contribution in [0.5, 0.6) is 0 Å². The fourth-order valence-electron chi connectivity index (χ4n) is 0.846. The van der Waals surface area contributed by atoms with Gasteiger partial charge in [0.05, 0.1) is 15.7 Å². The Kier molecular flexibility index (Phi) is 3.37. The molecule has 0 radical (unpaired) electrons. The van der Waals surface area contributed by atoms with Crippen LogP contribution in [0.15, 0.2) is 29.2 Å². The molecule has 2 N–H and O–H groups in total. The first-order chi connectivity index (χ1) is 5.75. The molecule has 1 aromatic carbocycles. The molecule has 0 amide bonds. The second-order valence-corrected chi connectivity index (χ2v) is 3.81. The first-order valence-electron chi connectivity index (χ1n) is 3.58. The van der Waals surface area contributed by atoms with Gasteiger partial charge in [0.1, 0.15) is 5.82 Å². The summed E-state index contributed by atoms with van der Waals surface area (Å²) in [7, 11) is -1.30. The van der Waals surface area contributed by atoms with Crippen LogP contribution in [0.3, 0.4) is 0 Å². The summed E-state index contributed by atoms with van der Waals surface area (Å²) in [4.78, 5) is 0.239. The standard InChI is InChI=1S/C8H10FNOS/c9-7-3-1-2-4-8(7)12(11)6-5-10/h1-4H,5-6,10H2/t12-/m0/s1. The van der Waals surface area contributed by atoms with Crippen molar-refractivity contribution in [3.8, 4) is 0 Å². The van der Waals surface area contributed by atoms with Gasteiger partial charge in [-0.05, 0) is 12.1 Å². The van der Waals surface area contributed by atoms with Crippen LogP contribution in [0.4, 0.5) is 4.39 Å². The third-order valence-corrected chi connectivity index (χ3v) is 2.81. The normalized spacial score (nSPS) is 12.8. The van der Waals surface area contributed by atoms with Gasteiger partial charge in [0.2, 0.25) is 0 Å². The lowest BCUT2D eigenvalue weighted by atomic mass is 10.3. The van der Waals surface area contributed by atoms with Crippen LogP contribution in [-0.2, 0) is 10.8 Å². The molecular weight excluding hydrogens is 177 g/mol. The Morgan fingerprint density at radius 1 is 1.42 bits per heavy atom. The van der Waals surface area contributed by atoms with E-state index in [0.717, 1.165) is 0 Å². The molecule has 0 saturated carbocycles. The molecule has 1 rings (SSSR count). The Bertz CT molecular complexity index is 290. The Labute approximate surface area is 73.0 Å². The zero-order chi connectivity index (χ0) is 8.97. The molecule has 0 unspecified atom stereocenters. The van der Waals surface area contributed by atoms with E-state index in [1.54, 1.807) is 12.1 Å². The Morgan fingerprint density at radius 2 is 2.08 bits per heavy atom. The molecule has 66 valence electrons. The number of nitrogens with two attached hydrogens (primary N) is 1. The average Bonchev–Trinajstić information content (AvgIpc) is 2.05. The number of halogens is 1. The second kappa shape index (κ2) is 4.33. The molecule has 0 saturated heterocycles. The summed E-state index contributed by atoms with van der Waals surface area (Å²) in [5.74, 6) is -0.120. The van der Waals surface area contributed by atoms with Gasteiger partial charge < -0.3 is 5.73 Å². The van der Waals surface area contributed by atoms with Gasteiger partial charge in [-0.2, -0.15) is 0 Å². The van der Waals surface area contributed by atoms with Gasteiger partial charge in [-0.15, -0.1) is 0 Å². The first-order valence-corrected chi connectivity index (χ1v) is 4.90. The molecular formula is C8H10FNOS. The number of hydrogen-bond acceptors (Lipinski definition) is 2. The molecule has 0 spiro atoms. The van der Waals surface area contributed by atoms with Crippen LogP contribution in [0, 0.1) is 5.82 Å². The summed E-state index contributed by atoms with van der Waals surface area (Å²) >= 11 is 0. The lowest BCUT2D eigenvalue weighted by molar-refractivity contribution is 0.595. The van der Waals surface area contributed by atoms with E-state index in [-0.39, 0.29) is 4.90 Å². The van der Waals surface area contributed by atoms with Crippen molar-refractivity contribution in [2.75, 3.05) is 12.3 Å². The van der Waals surface area contributed by atoms with Gasteiger partial charge in [0.25, 0.3) is 0 Å². The molecule has 0 bridgehead atoms. The summed E-state index contributed by atoms with van der Waals surface area (Å²) in [6.07, 6.45) is 0. The van der Waals surface area contributed by atoms with Crippen molar-refractivity contribution in [1.82, 2.24) is 0 Å². The molecule has 1 aromatic rings. The molecule has 12 heavy (non-hydrogen) atoms. The molecule has 4 heteroatoms. The summed E-state index contributed by atoms with van der Waals surface area (Å²) < 4.78 is 24.2. The minimum Gasteiger partial charge on any atom is -0.330 e. The fraction of sp³-hybridized carbons (Fsp3) is 0.250. The highest BCUT2D eigenvalue weighted by molar-refractivity contribution is 7.85. The average molecular weight is 187 g/mol. The lowest BCUT2D eigenvalue weighted by Crippen LogP contribution is -2.11. The summed E-state index contributed by atoms with van der Waals surface area (Å²) in [6, 6.07) is 6.04. The van der Waals surface area contributed by atoms with E-state index in [1.165, 1.54) is 12.1 Å². The largest absolute Gasteiger partial charge is 0.330 e. The summed E-state index contributed by atoms with van der Waals surface area (Å²) in [6.45, 7) is 0.306. The Hall–Kier alpha value is -0.740. The van der Waals surface area contributed by atoms with Gasteiger partial charge in [-0.25, -0.2) is 4.39 Å². The summed E-state index contributed by atoms with van der Waals surface area (Å²) in [5.41, 5.74) is 5.20. The van der Waals surface area contributed by atoms with Crippen molar-refractivity contribution in [2.45, 2.75) is 4.90 Å². The van der Waals surface area contributed by atoms with E-state index < -0.39 is 16.6 Å². The highest BCUT2D eigenvalue weighted by Crippen LogP contribution is 2.10. The predicted octanol–water partition coefficient (Wildman–Crippen LogP) is 0.892. The molecule has 2 nitrogen and oxygen atoms in total. The van der Waals surface area contributed by atoms with Gasteiger partial charge in [0, 0.05) is 12.3 Å².